The minimum absolute atomic E-state index is 0.0271. The van der Waals surface area contributed by atoms with E-state index in [0.29, 0.717) is 0 Å². The average Bonchev–Trinajstić information content (AvgIpc) is 3.39. The van der Waals surface area contributed by atoms with Crippen LogP contribution in [0.1, 0.15) is 38.5 Å². The van der Waals surface area contributed by atoms with Crippen molar-refractivity contribution < 1.29 is 14.5 Å². The lowest BCUT2D eigenvalue weighted by molar-refractivity contribution is -0.390. The zero-order valence-electron chi connectivity index (χ0n) is 12.8. The molecule has 0 aliphatic heterocycles. The van der Waals surface area contributed by atoms with E-state index in [2.05, 4.69) is 11.1 Å². The van der Waals surface area contributed by atoms with Crippen LogP contribution < -0.4 is 4.74 Å². The molecular formula is C16H19N3O4. The van der Waals surface area contributed by atoms with Crippen LogP contribution in [0.4, 0.5) is 5.82 Å². The maximum absolute atomic E-state index is 12.5. The highest BCUT2D eigenvalue weighted by Gasteiger charge is 2.35. The SMILES string of the molecule is O=C(COc1cccnc1[N+](=O)[O-])N(C1=CCCCC1)C1CC1. The van der Waals surface area contributed by atoms with Crippen molar-refractivity contribution in [2.24, 2.45) is 0 Å². The van der Waals surface area contributed by atoms with E-state index in [4.69, 9.17) is 4.74 Å². The lowest BCUT2D eigenvalue weighted by Gasteiger charge is -2.27. The highest BCUT2D eigenvalue weighted by Crippen LogP contribution is 2.34. The highest BCUT2D eigenvalue weighted by atomic mass is 16.6. The number of hydrogen-bond donors (Lipinski definition) is 0. The largest absolute Gasteiger partial charge is 0.476 e. The van der Waals surface area contributed by atoms with E-state index in [1.54, 1.807) is 6.07 Å². The van der Waals surface area contributed by atoms with Crippen molar-refractivity contribution in [3.05, 3.63) is 40.2 Å². The summed E-state index contributed by atoms with van der Waals surface area (Å²) in [7, 11) is 0. The summed E-state index contributed by atoms with van der Waals surface area (Å²) < 4.78 is 5.39. The van der Waals surface area contributed by atoms with Crippen molar-refractivity contribution in [1.82, 2.24) is 9.88 Å². The van der Waals surface area contributed by atoms with Crippen molar-refractivity contribution in [3.8, 4) is 5.75 Å². The maximum atomic E-state index is 12.5. The Balaban J connectivity index is 1.68. The fourth-order valence-corrected chi connectivity index (χ4v) is 2.81. The first-order valence-corrected chi connectivity index (χ1v) is 7.90. The molecule has 0 spiro atoms. The van der Waals surface area contributed by atoms with Gasteiger partial charge in [0.15, 0.2) is 6.61 Å². The maximum Gasteiger partial charge on any atom is 0.406 e. The summed E-state index contributed by atoms with van der Waals surface area (Å²) in [6, 6.07) is 3.27. The molecule has 0 N–H and O–H groups in total. The van der Waals surface area contributed by atoms with Crippen LogP contribution in [0.2, 0.25) is 0 Å². The molecule has 0 atom stereocenters. The number of aromatic nitrogens is 1. The van der Waals surface area contributed by atoms with Crippen LogP contribution >= 0.6 is 0 Å². The Bertz CT molecular complexity index is 640. The molecule has 3 rings (SSSR count). The lowest BCUT2D eigenvalue weighted by Crippen LogP contribution is -2.36. The summed E-state index contributed by atoms with van der Waals surface area (Å²) in [6.07, 6.45) is 9.65. The van der Waals surface area contributed by atoms with E-state index < -0.39 is 4.92 Å². The summed E-state index contributed by atoms with van der Waals surface area (Å²) in [4.78, 5) is 28.4. The first-order chi connectivity index (χ1) is 11.2. The number of nitro groups is 1. The molecule has 23 heavy (non-hydrogen) atoms. The molecule has 0 unspecified atom stereocenters. The molecular weight excluding hydrogens is 298 g/mol. The van der Waals surface area contributed by atoms with Crippen LogP contribution in [0.15, 0.2) is 30.1 Å². The van der Waals surface area contributed by atoms with Crippen LogP contribution in [0.3, 0.4) is 0 Å². The molecule has 1 fully saturated rings. The van der Waals surface area contributed by atoms with E-state index >= 15 is 0 Å². The average molecular weight is 317 g/mol. The predicted octanol–water partition coefficient (Wildman–Crippen LogP) is 2.82. The monoisotopic (exact) mass is 317 g/mol. The number of carbonyl (C=O) groups is 1. The normalized spacial score (nSPS) is 17.3. The molecule has 0 saturated heterocycles. The van der Waals surface area contributed by atoms with Gasteiger partial charge < -0.3 is 19.8 Å². The Kier molecular flexibility index (Phi) is 4.55. The standard InChI is InChI=1S/C16H19N3O4/c20-15(11-23-14-7-4-10-17-16(14)19(21)22)18(13-8-9-13)12-5-2-1-3-6-12/h4-5,7,10,13H,1-3,6,8-9,11H2. The molecule has 1 aromatic rings. The second-order valence-corrected chi connectivity index (χ2v) is 5.81. The van der Waals surface area contributed by atoms with Gasteiger partial charge in [0.05, 0.1) is 0 Å². The molecule has 0 aromatic carbocycles. The van der Waals surface area contributed by atoms with Gasteiger partial charge in [0.25, 0.3) is 5.91 Å². The third kappa shape index (κ3) is 3.67. The third-order valence-electron chi connectivity index (χ3n) is 4.03. The van der Waals surface area contributed by atoms with Gasteiger partial charge in [-0.05, 0) is 60.6 Å². The number of nitrogens with zero attached hydrogens (tertiary/aromatic N) is 3. The number of allylic oxidation sites excluding steroid dienone is 2. The molecule has 2 aliphatic rings. The fraction of sp³-hybridized carbons (Fsp3) is 0.500. The zero-order chi connectivity index (χ0) is 16.2. The Morgan fingerprint density at radius 2 is 2.26 bits per heavy atom. The van der Waals surface area contributed by atoms with E-state index in [1.807, 2.05) is 4.90 Å². The number of carbonyl (C=O) groups excluding carboxylic acids is 1. The number of hydrogen-bond acceptors (Lipinski definition) is 5. The van der Waals surface area contributed by atoms with Crippen LogP contribution in [-0.2, 0) is 4.79 Å². The minimum atomic E-state index is -0.609. The van der Waals surface area contributed by atoms with E-state index in [0.717, 1.165) is 44.2 Å². The summed E-state index contributed by atoms with van der Waals surface area (Å²) in [5.41, 5.74) is 1.08. The first-order valence-electron chi connectivity index (χ1n) is 7.90. The van der Waals surface area contributed by atoms with Crippen molar-refractivity contribution in [1.29, 1.82) is 0 Å². The van der Waals surface area contributed by atoms with Gasteiger partial charge in [-0.1, -0.05) is 6.08 Å². The minimum Gasteiger partial charge on any atom is -0.476 e. The van der Waals surface area contributed by atoms with E-state index in [9.17, 15) is 14.9 Å². The molecule has 7 heteroatoms. The smallest absolute Gasteiger partial charge is 0.406 e. The summed E-state index contributed by atoms with van der Waals surface area (Å²) in [5.74, 6) is -0.479. The molecule has 122 valence electrons. The molecule has 1 amide bonds. The van der Waals surface area contributed by atoms with Crippen LogP contribution in [0.25, 0.3) is 0 Å². The molecule has 0 bridgehead atoms. The van der Waals surface area contributed by atoms with Gasteiger partial charge >= 0.3 is 5.82 Å². The molecule has 1 aromatic heterocycles. The van der Waals surface area contributed by atoms with E-state index in [-0.39, 0.29) is 30.1 Å². The molecule has 2 aliphatic carbocycles. The van der Waals surface area contributed by atoms with Gasteiger partial charge in [-0.15, -0.1) is 0 Å². The first kappa shape index (κ1) is 15.5. The van der Waals surface area contributed by atoms with Crippen molar-refractivity contribution in [3.63, 3.8) is 0 Å². The highest BCUT2D eigenvalue weighted by molar-refractivity contribution is 5.80. The van der Waals surface area contributed by atoms with Gasteiger partial charge in [0.2, 0.25) is 5.75 Å². The molecule has 0 radical (unpaired) electrons. The summed E-state index contributed by atoms with van der Waals surface area (Å²) in [5, 5.41) is 10.9. The third-order valence-corrected chi connectivity index (χ3v) is 4.03. The van der Waals surface area contributed by atoms with Crippen molar-refractivity contribution in [2.75, 3.05) is 6.61 Å². The lowest BCUT2D eigenvalue weighted by atomic mass is 10.0. The number of amides is 1. The quantitative estimate of drug-likeness (QED) is 0.595. The Morgan fingerprint density at radius 3 is 2.91 bits per heavy atom. The van der Waals surface area contributed by atoms with Crippen LogP contribution in [-0.4, -0.2) is 33.4 Å². The fourth-order valence-electron chi connectivity index (χ4n) is 2.81. The Morgan fingerprint density at radius 1 is 1.43 bits per heavy atom. The second kappa shape index (κ2) is 6.76. The number of rotatable bonds is 6. The topological polar surface area (TPSA) is 85.6 Å². The summed E-state index contributed by atoms with van der Waals surface area (Å²) in [6.45, 7) is -0.208. The Labute approximate surface area is 134 Å². The summed E-state index contributed by atoms with van der Waals surface area (Å²) >= 11 is 0. The van der Waals surface area contributed by atoms with Crippen molar-refractivity contribution >= 4 is 11.7 Å². The molecule has 1 heterocycles. The predicted molar refractivity (Wildman–Crippen MR) is 82.8 cm³/mol. The van der Waals surface area contributed by atoms with Gasteiger partial charge in [0, 0.05) is 11.7 Å². The van der Waals surface area contributed by atoms with Gasteiger partial charge in [-0.25, -0.2) is 0 Å². The second-order valence-electron chi connectivity index (χ2n) is 5.81. The molecule has 7 nitrogen and oxygen atoms in total. The Hall–Kier alpha value is -2.44. The van der Waals surface area contributed by atoms with Gasteiger partial charge in [-0.2, -0.15) is 0 Å². The number of ether oxygens (including phenoxy) is 1. The van der Waals surface area contributed by atoms with Gasteiger partial charge in [0.1, 0.15) is 6.20 Å². The van der Waals surface area contributed by atoms with Gasteiger partial charge in [-0.3, -0.25) is 4.79 Å². The van der Waals surface area contributed by atoms with Crippen molar-refractivity contribution in [2.45, 2.75) is 44.6 Å². The zero-order valence-corrected chi connectivity index (χ0v) is 12.8. The number of pyridine rings is 1. The van der Waals surface area contributed by atoms with Crippen LogP contribution in [0.5, 0.6) is 5.75 Å². The molecule has 1 saturated carbocycles. The van der Waals surface area contributed by atoms with E-state index in [1.165, 1.54) is 12.3 Å². The van der Waals surface area contributed by atoms with Crippen LogP contribution in [0, 0.1) is 10.1 Å².